The fraction of sp³-hybridized carbons (Fsp3) is 0.0270. The number of para-hydroxylation sites is 3. The van der Waals surface area contributed by atoms with Gasteiger partial charge in [0.2, 0.25) is 0 Å². The van der Waals surface area contributed by atoms with E-state index in [9.17, 15) is 0 Å². The molecule has 3 aliphatic carbocycles. The van der Waals surface area contributed by atoms with Gasteiger partial charge < -0.3 is 14.2 Å². The highest BCUT2D eigenvalue weighted by molar-refractivity contribution is 6.07. The maximum atomic E-state index is 6.43. The van der Waals surface area contributed by atoms with Crippen molar-refractivity contribution in [1.82, 2.24) is 0 Å². The third-order valence-electron chi connectivity index (χ3n) is 17.5. The summed E-state index contributed by atoms with van der Waals surface area (Å²) in [6.07, 6.45) is 0. The summed E-state index contributed by atoms with van der Waals surface area (Å²) < 4.78 is 6.43. The van der Waals surface area contributed by atoms with Crippen LogP contribution in [-0.2, 0) is 10.8 Å². The normalized spacial score (nSPS) is 15.4. The van der Waals surface area contributed by atoms with Gasteiger partial charge in [-0.05, 0) is 162 Å². The van der Waals surface area contributed by atoms with Crippen molar-refractivity contribution in [2.75, 3.05) is 9.80 Å². The lowest BCUT2D eigenvalue weighted by molar-refractivity contribution is 0.669. The summed E-state index contributed by atoms with van der Waals surface area (Å²) in [5, 5.41) is 2.20. The van der Waals surface area contributed by atoms with E-state index >= 15 is 0 Å². The second-order valence-corrected chi connectivity index (χ2v) is 21.0. The van der Waals surface area contributed by atoms with Gasteiger partial charge in [-0.15, -0.1) is 0 Å². The molecule has 358 valence electrons. The van der Waals surface area contributed by atoms with Gasteiger partial charge in [0.25, 0.3) is 0 Å². The smallest absolute Gasteiger partial charge is 0.135 e. The molecule has 1 spiro atoms. The Bertz CT molecular complexity index is 4530. The van der Waals surface area contributed by atoms with E-state index in [4.69, 9.17) is 4.42 Å². The lowest BCUT2D eigenvalue weighted by atomic mass is 9.64. The summed E-state index contributed by atoms with van der Waals surface area (Å²) in [6.45, 7) is 0. The standard InChI is InChI=1S/C74H46N2O/c1-3-18-49(19-4-1)73-65-30-14-15-31-68(65)76(50-20-5-2-6-21-50)69-32-17-26-60(72(69)73)58-41-36-48(44-66(58)73)47-34-37-51(38-35-47)75(52-40-43-71-61(45-52)59-25-10-16-33-70(59)77-71)53-39-42-57-56-24-9-13-29-64(56)74(67(57)46-53)62-27-11-7-22-54(62)55-23-8-12-28-63(55)74/h1-46H. The summed E-state index contributed by atoms with van der Waals surface area (Å²) in [6, 6.07) is 104. The molecule has 1 aromatic heterocycles. The average Bonchev–Trinajstić information content (AvgIpc) is 4.08. The van der Waals surface area contributed by atoms with E-state index in [0.29, 0.717) is 0 Å². The molecule has 2 heterocycles. The van der Waals surface area contributed by atoms with Crippen LogP contribution in [0.25, 0.3) is 66.4 Å². The predicted octanol–water partition coefficient (Wildman–Crippen LogP) is 19.2. The zero-order valence-electron chi connectivity index (χ0n) is 41.9. The number of benzene rings is 12. The zero-order chi connectivity index (χ0) is 50.4. The molecule has 0 N–H and O–H groups in total. The van der Waals surface area contributed by atoms with Gasteiger partial charge in [0, 0.05) is 39.1 Å². The van der Waals surface area contributed by atoms with Gasteiger partial charge in [-0.25, -0.2) is 0 Å². The molecule has 77 heavy (non-hydrogen) atoms. The predicted molar refractivity (Wildman–Crippen MR) is 316 cm³/mol. The van der Waals surface area contributed by atoms with E-state index in [0.717, 1.165) is 50.3 Å². The first-order valence-electron chi connectivity index (χ1n) is 26.7. The molecule has 3 heteroatoms. The number of fused-ring (bicyclic) bond motifs is 18. The Balaban J connectivity index is 0.848. The lowest BCUT2D eigenvalue weighted by Crippen LogP contribution is -2.35. The van der Waals surface area contributed by atoms with E-state index in [2.05, 4.69) is 283 Å². The third-order valence-corrected chi connectivity index (χ3v) is 17.5. The second kappa shape index (κ2) is 15.8. The Labute approximate surface area is 446 Å². The van der Waals surface area contributed by atoms with Crippen molar-refractivity contribution in [3.05, 3.63) is 324 Å². The Morgan fingerprint density at radius 1 is 0.299 bits per heavy atom. The average molecular weight is 979 g/mol. The van der Waals surface area contributed by atoms with Crippen LogP contribution < -0.4 is 9.80 Å². The highest BCUT2D eigenvalue weighted by Gasteiger charge is 2.54. The molecule has 0 saturated carbocycles. The number of furan rings is 1. The molecule has 1 unspecified atom stereocenters. The molecule has 12 aromatic carbocycles. The lowest BCUT2D eigenvalue weighted by Gasteiger charge is -2.44. The zero-order valence-corrected chi connectivity index (χ0v) is 41.9. The molecule has 13 aromatic rings. The van der Waals surface area contributed by atoms with Gasteiger partial charge in [-0.2, -0.15) is 0 Å². The molecule has 4 aliphatic rings. The van der Waals surface area contributed by atoms with Crippen LogP contribution in [0.3, 0.4) is 0 Å². The fourth-order valence-electron chi connectivity index (χ4n) is 14.5. The molecule has 0 radical (unpaired) electrons. The van der Waals surface area contributed by atoms with Crippen molar-refractivity contribution in [3.8, 4) is 44.5 Å². The second-order valence-electron chi connectivity index (χ2n) is 21.0. The summed E-state index contributed by atoms with van der Waals surface area (Å²) in [5.41, 5.74) is 28.0. The van der Waals surface area contributed by atoms with E-state index in [1.807, 2.05) is 6.07 Å². The minimum absolute atomic E-state index is 0.473. The first kappa shape index (κ1) is 42.4. The van der Waals surface area contributed by atoms with E-state index in [-0.39, 0.29) is 0 Å². The van der Waals surface area contributed by atoms with Crippen LogP contribution in [0.5, 0.6) is 0 Å². The maximum absolute atomic E-state index is 6.43. The van der Waals surface area contributed by atoms with Crippen LogP contribution in [0, 0.1) is 0 Å². The molecule has 1 aliphatic heterocycles. The van der Waals surface area contributed by atoms with Gasteiger partial charge >= 0.3 is 0 Å². The monoisotopic (exact) mass is 978 g/mol. The van der Waals surface area contributed by atoms with E-state index < -0.39 is 10.8 Å². The van der Waals surface area contributed by atoms with Gasteiger partial charge in [-0.1, -0.05) is 200 Å². The molecular weight excluding hydrogens is 933 g/mol. The summed E-state index contributed by atoms with van der Waals surface area (Å²) in [4.78, 5) is 4.90. The Hall–Kier alpha value is -9.96. The van der Waals surface area contributed by atoms with Crippen molar-refractivity contribution < 1.29 is 4.42 Å². The summed E-state index contributed by atoms with van der Waals surface area (Å²) in [5.74, 6) is 0. The first-order chi connectivity index (χ1) is 38.2. The van der Waals surface area contributed by atoms with Crippen LogP contribution in [0.15, 0.2) is 283 Å². The van der Waals surface area contributed by atoms with Crippen LogP contribution in [0.2, 0.25) is 0 Å². The Morgan fingerprint density at radius 2 is 0.805 bits per heavy atom. The van der Waals surface area contributed by atoms with Crippen molar-refractivity contribution >= 4 is 56.1 Å². The molecule has 17 rings (SSSR count). The quantitative estimate of drug-likeness (QED) is 0.166. The van der Waals surface area contributed by atoms with Crippen molar-refractivity contribution in [1.29, 1.82) is 0 Å². The number of rotatable bonds is 6. The van der Waals surface area contributed by atoms with Crippen molar-refractivity contribution in [2.45, 2.75) is 10.8 Å². The van der Waals surface area contributed by atoms with E-state index in [1.165, 1.54) is 94.8 Å². The van der Waals surface area contributed by atoms with Crippen LogP contribution in [0.1, 0.15) is 44.5 Å². The molecular formula is C74H46N2O. The van der Waals surface area contributed by atoms with Gasteiger partial charge in [0.05, 0.1) is 22.2 Å². The Morgan fingerprint density at radius 3 is 1.55 bits per heavy atom. The highest BCUT2D eigenvalue weighted by atomic mass is 16.3. The maximum Gasteiger partial charge on any atom is 0.135 e. The van der Waals surface area contributed by atoms with Gasteiger partial charge in [0.15, 0.2) is 0 Å². The number of hydrogen-bond donors (Lipinski definition) is 0. The van der Waals surface area contributed by atoms with Crippen LogP contribution in [-0.4, -0.2) is 0 Å². The molecule has 0 fully saturated rings. The minimum Gasteiger partial charge on any atom is -0.456 e. The highest BCUT2D eigenvalue weighted by Crippen LogP contribution is 2.66. The summed E-state index contributed by atoms with van der Waals surface area (Å²) >= 11 is 0. The number of hydrogen-bond acceptors (Lipinski definition) is 3. The van der Waals surface area contributed by atoms with Gasteiger partial charge in [0.1, 0.15) is 11.2 Å². The Kier molecular flexibility index (Phi) is 8.69. The molecule has 1 atom stereocenters. The fourth-order valence-corrected chi connectivity index (χ4v) is 14.5. The molecule has 3 nitrogen and oxygen atoms in total. The minimum atomic E-state index is -0.544. The molecule has 0 bridgehead atoms. The largest absolute Gasteiger partial charge is 0.456 e. The van der Waals surface area contributed by atoms with Crippen LogP contribution in [0.4, 0.5) is 34.1 Å². The van der Waals surface area contributed by atoms with Crippen LogP contribution >= 0.6 is 0 Å². The molecule has 0 amide bonds. The molecule has 0 saturated heterocycles. The SMILES string of the molecule is c1ccc(N2c3ccccc3C3(c4ccccc4)c4cc(-c5ccc(N(c6ccc7c(c6)C6(c8ccccc8-c8ccccc86)c6ccccc6-7)c6ccc7oc8ccccc8c7c6)cc5)ccc4-c4cccc2c43)cc1. The topological polar surface area (TPSA) is 19.6 Å². The first-order valence-corrected chi connectivity index (χ1v) is 26.7. The van der Waals surface area contributed by atoms with Crippen molar-refractivity contribution in [3.63, 3.8) is 0 Å². The van der Waals surface area contributed by atoms with Gasteiger partial charge in [-0.3, -0.25) is 0 Å². The number of anilines is 6. The third kappa shape index (κ3) is 5.59. The number of nitrogens with zero attached hydrogens (tertiary/aromatic N) is 2. The van der Waals surface area contributed by atoms with E-state index in [1.54, 1.807) is 0 Å². The van der Waals surface area contributed by atoms with Crippen molar-refractivity contribution in [2.24, 2.45) is 0 Å². The summed E-state index contributed by atoms with van der Waals surface area (Å²) in [7, 11) is 0.